The first-order valence-corrected chi connectivity index (χ1v) is 7.65. The van der Waals surface area contributed by atoms with E-state index in [4.69, 9.17) is 9.47 Å². The molecule has 1 atom stereocenters. The molecule has 0 aliphatic heterocycles. The van der Waals surface area contributed by atoms with E-state index >= 15 is 0 Å². The predicted octanol–water partition coefficient (Wildman–Crippen LogP) is 3.03. The number of nitrogens with one attached hydrogen (secondary N) is 1. The molecule has 0 radical (unpaired) electrons. The van der Waals surface area contributed by atoms with Crippen molar-refractivity contribution >= 4 is 12.1 Å². The first kappa shape index (κ1) is 19.3. The highest BCUT2D eigenvalue weighted by molar-refractivity contribution is 5.81. The van der Waals surface area contributed by atoms with Gasteiger partial charge in [-0.1, -0.05) is 45.5 Å². The number of amides is 1. The number of esters is 1. The SMILES string of the molecule is CC#CCOC(=O)N[C@@H](CCC)C(=O)OCCCCCC. The van der Waals surface area contributed by atoms with Crippen LogP contribution in [0.2, 0.25) is 0 Å². The van der Waals surface area contributed by atoms with Gasteiger partial charge < -0.3 is 14.8 Å². The lowest BCUT2D eigenvalue weighted by Gasteiger charge is -2.16. The van der Waals surface area contributed by atoms with Crippen molar-refractivity contribution in [3.63, 3.8) is 0 Å². The first-order valence-electron chi connectivity index (χ1n) is 7.65. The zero-order chi connectivity index (χ0) is 15.9. The molecule has 0 unspecified atom stereocenters. The Morgan fingerprint density at radius 3 is 2.48 bits per heavy atom. The van der Waals surface area contributed by atoms with Crippen LogP contribution < -0.4 is 5.32 Å². The standard InChI is InChI=1S/C16H27NO4/c1-4-7-9-10-13-20-15(18)14(11-6-3)17-16(19)21-12-8-5-2/h14H,4,6-7,9-13H2,1-3H3,(H,17,19)/t14-/m0/s1. The highest BCUT2D eigenvalue weighted by Gasteiger charge is 2.21. The van der Waals surface area contributed by atoms with Crippen molar-refractivity contribution in [1.82, 2.24) is 5.32 Å². The molecule has 21 heavy (non-hydrogen) atoms. The monoisotopic (exact) mass is 297 g/mol. The van der Waals surface area contributed by atoms with Gasteiger partial charge in [-0.15, -0.1) is 5.92 Å². The molecule has 0 bridgehead atoms. The smallest absolute Gasteiger partial charge is 0.408 e. The fraction of sp³-hybridized carbons (Fsp3) is 0.750. The van der Waals surface area contributed by atoms with Crippen LogP contribution in [0.5, 0.6) is 0 Å². The Balaban J connectivity index is 4.09. The maximum Gasteiger partial charge on any atom is 0.408 e. The minimum atomic E-state index is -0.650. The second-order valence-electron chi connectivity index (χ2n) is 4.72. The van der Waals surface area contributed by atoms with Crippen LogP contribution in [0.15, 0.2) is 0 Å². The van der Waals surface area contributed by atoms with Crippen LogP contribution in [0.3, 0.4) is 0 Å². The van der Waals surface area contributed by atoms with Crippen LogP contribution in [0.4, 0.5) is 4.79 Å². The molecule has 1 N–H and O–H groups in total. The van der Waals surface area contributed by atoms with E-state index < -0.39 is 18.1 Å². The van der Waals surface area contributed by atoms with E-state index in [1.165, 1.54) is 0 Å². The lowest BCUT2D eigenvalue weighted by atomic mass is 10.2. The average molecular weight is 297 g/mol. The quantitative estimate of drug-likeness (QED) is 0.382. The normalized spacial score (nSPS) is 11.0. The second-order valence-corrected chi connectivity index (χ2v) is 4.72. The largest absolute Gasteiger partial charge is 0.464 e. The predicted molar refractivity (Wildman–Crippen MR) is 81.7 cm³/mol. The van der Waals surface area contributed by atoms with Crippen molar-refractivity contribution in [2.24, 2.45) is 0 Å². The Labute approximate surface area is 127 Å². The fourth-order valence-electron chi connectivity index (χ4n) is 1.70. The molecule has 0 aromatic heterocycles. The van der Waals surface area contributed by atoms with Crippen molar-refractivity contribution in [3.05, 3.63) is 0 Å². The summed E-state index contributed by atoms with van der Waals surface area (Å²) in [4.78, 5) is 23.4. The highest BCUT2D eigenvalue weighted by Crippen LogP contribution is 2.03. The summed E-state index contributed by atoms with van der Waals surface area (Å²) in [5.74, 6) is 4.84. The number of hydrogen-bond donors (Lipinski definition) is 1. The fourth-order valence-corrected chi connectivity index (χ4v) is 1.70. The third-order valence-corrected chi connectivity index (χ3v) is 2.85. The molecule has 0 aromatic rings. The summed E-state index contributed by atoms with van der Waals surface area (Å²) in [5.41, 5.74) is 0. The number of ether oxygens (including phenoxy) is 2. The van der Waals surface area contributed by atoms with Crippen LogP contribution in [0.25, 0.3) is 0 Å². The number of alkyl carbamates (subject to hydrolysis) is 1. The van der Waals surface area contributed by atoms with Crippen LogP contribution in [0.1, 0.15) is 59.3 Å². The number of unbranched alkanes of at least 4 members (excludes halogenated alkanes) is 3. The van der Waals surface area contributed by atoms with E-state index in [9.17, 15) is 9.59 Å². The molecule has 0 heterocycles. The molecule has 0 aliphatic carbocycles. The molecule has 0 saturated heterocycles. The number of carbonyl (C=O) groups is 2. The Morgan fingerprint density at radius 1 is 1.10 bits per heavy atom. The minimum Gasteiger partial charge on any atom is -0.464 e. The molecule has 5 heteroatoms. The van der Waals surface area contributed by atoms with Gasteiger partial charge in [0.2, 0.25) is 0 Å². The van der Waals surface area contributed by atoms with Crippen molar-refractivity contribution in [1.29, 1.82) is 0 Å². The summed E-state index contributed by atoms with van der Waals surface area (Å²) >= 11 is 0. The van der Waals surface area contributed by atoms with E-state index in [0.717, 1.165) is 32.1 Å². The van der Waals surface area contributed by atoms with Gasteiger partial charge in [0, 0.05) is 0 Å². The zero-order valence-electron chi connectivity index (χ0n) is 13.4. The summed E-state index contributed by atoms with van der Waals surface area (Å²) in [7, 11) is 0. The van der Waals surface area contributed by atoms with Crippen LogP contribution in [-0.2, 0) is 14.3 Å². The van der Waals surface area contributed by atoms with Gasteiger partial charge in [0.15, 0.2) is 6.61 Å². The topological polar surface area (TPSA) is 64.6 Å². The lowest BCUT2D eigenvalue weighted by molar-refractivity contribution is -0.146. The van der Waals surface area contributed by atoms with Gasteiger partial charge in [0.1, 0.15) is 6.04 Å². The van der Waals surface area contributed by atoms with E-state index in [0.29, 0.717) is 13.0 Å². The Hall–Kier alpha value is -1.70. The summed E-state index contributed by atoms with van der Waals surface area (Å²) in [6.07, 6.45) is 4.84. The van der Waals surface area contributed by atoms with Gasteiger partial charge in [-0.3, -0.25) is 0 Å². The van der Waals surface area contributed by atoms with Gasteiger partial charge in [-0.2, -0.15) is 0 Å². The third-order valence-electron chi connectivity index (χ3n) is 2.85. The number of rotatable bonds is 10. The molecule has 120 valence electrons. The molecular weight excluding hydrogens is 270 g/mol. The Morgan fingerprint density at radius 2 is 1.86 bits per heavy atom. The molecule has 0 spiro atoms. The molecule has 0 aromatic carbocycles. The van der Waals surface area contributed by atoms with Crippen molar-refractivity contribution < 1.29 is 19.1 Å². The van der Waals surface area contributed by atoms with E-state index in [1.54, 1.807) is 6.92 Å². The summed E-state index contributed by atoms with van der Waals surface area (Å²) < 4.78 is 10.0. The molecule has 0 rings (SSSR count). The molecule has 0 saturated carbocycles. The molecular formula is C16H27NO4. The lowest BCUT2D eigenvalue weighted by Crippen LogP contribution is -2.42. The number of carbonyl (C=O) groups excluding carboxylic acids is 2. The summed E-state index contributed by atoms with van der Waals surface area (Å²) in [6, 6.07) is -0.650. The van der Waals surface area contributed by atoms with Gasteiger partial charge >= 0.3 is 12.1 Å². The molecule has 5 nitrogen and oxygen atoms in total. The van der Waals surface area contributed by atoms with Crippen LogP contribution in [0, 0.1) is 11.8 Å². The van der Waals surface area contributed by atoms with E-state index in [-0.39, 0.29) is 6.61 Å². The van der Waals surface area contributed by atoms with Crippen molar-refractivity contribution in [3.8, 4) is 11.8 Å². The summed E-state index contributed by atoms with van der Waals surface area (Å²) in [5, 5.41) is 2.53. The Kier molecular flexibility index (Phi) is 12.2. The van der Waals surface area contributed by atoms with Gasteiger partial charge in [-0.25, -0.2) is 9.59 Å². The maximum absolute atomic E-state index is 11.9. The molecule has 1 amide bonds. The minimum absolute atomic E-state index is 0.0211. The summed E-state index contributed by atoms with van der Waals surface area (Å²) in [6.45, 7) is 6.15. The second kappa shape index (κ2) is 13.3. The van der Waals surface area contributed by atoms with Crippen molar-refractivity contribution in [2.45, 2.75) is 65.3 Å². The third kappa shape index (κ3) is 10.7. The van der Waals surface area contributed by atoms with Crippen molar-refractivity contribution in [2.75, 3.05) is 13.2 Å². The van der Waals surface area contributed by atoms with Gasteiger partial charge in [0.05, 0.1) is 6.61 Å². The Bertz CT molecular complexity index is 357. The highest BCUT2D eigenvalue weighted by atomic mass is 16.6. The molecule has 0 fully saturated rings. The van der Waals surface area contributed by atoms with E-state index in [2.05, 4.69) is 24.1 Å². The van der Waals surface area contributed by atoms with Crippen LogP contribution >= 0.6 is 0 Å². The van der Waals surface area contributed by atoms with Crippen LogP contribution in [-0.4, -0.2) is 31.3 Å². The van der Waals surface area contributed by atoms with Gasteiger partial charge in [0.25, 0.3) is 0 Å². The first-order chi connectivity index (χ1) is 10.2. The average Bonchev–Trinajstić information content (AvgIpc) is 2.46. The maximum atomic E-state index is 11.9. The number of hydrogen-bond acceptors (Lipinski definition) is 4. The van der Waals surface area contributed by atoms with E-state index in [1.807, 2.05) is 6.92 Å². The van der Waals surface area contributed by atoms with Gasteiger partial charge in [-0.05, 0) is 19.8 Å². The zero-order valence-corrected chi connectivity index (χ0v) is 13.4. The molecule has 0 aliphatic rings.